The summed E-state index contributed by atoms with van der Waals surface area (Å²) < 4.78 is 1.90. The van der Waals surface area contributed by atoms with Crippen LogP contribution < -0.4 is 5.32 Å². The number of carboxylic acid groups (broad SMARTS) is 1. The van der Waals surface area contributed by atoms with Crippen LogP contribution in [0.25, 0.3) is 0 Å². The van der Waals surface area contributed by atoms with E-state index >= 15 is 0 Å². The average molecular weight is 299 g/mol. The number of fused-ring (bicyclic) bond motifs is 1. The molecule has 6 nitrogen and oxygen atoms in total. The number of carboxylic acids is 1. The summed E-state index contributed by atoms with van der Waals surface area (Å²) in [4.78, 5) is 23.0. The van der Waals surface area contributed by atoms with Crippen molar-refractivity contribution in [1.29, 1.82) is 0 Å². The summed E-state index contributed by atoms with van der Waals surface area (Å²) in [6.45, 7) is 0.868. The van der Waals surface area contributed by atoms with E-state index in [1.54, 1.807) is 30.5 Å². The van der Waals surface area contributed by atoms with E-state index in [0.717, 1.165) is 31.5 Å². The highest BCUT2D eigenvalue weighted by molar-refractivity contribution is 6.05. The Bertz CT molecular complexity index is 704. The van der Waals surface area contributed by atoms with Gasteiger partial charge in [-0.1, -0.05) is 12.1 Å². The van der Waals surface area contributed by atoms with Crippen molar-refractivity contribution in [1.82, 2.24) is 9.78 Å². The molecule has 0 saturated heterocycles. The summed E-state index contributed by atoms with van der Waals surface area (Å²) in [5.74, 6) is -1.04. The number of carbonyl (C=O) groups excluding carboxylic acids is 1. The van der Waals surface area contributed by atoms with Crippen LogP contribution >= 0.6 is 0 Å². The Kier molecular flexibility index (Phi) is 3.91. The van der Waals surface area contributed by atoms with Crippen molar-refractivity contribution in [2.45, 2.75) is 32.2 Å². The number of hydrogen-bond acceptors (Lipinski definition) is 3. The van der Waals surface area contributed by atoms with Crippen LogP contribution in [0, 0.1) is 0 Å². The van der Waals surface area contributed by atoms with Crippen LogP contribution in [0.4, 0.5) is 5.69 Å². The highest BCUT2D eigenvalue weighted by atomic mass is 16.4. The van der Waals surface area contributed by atoms with E-state index in [9.17, 15) is 9.59 Å². The summed E-state index contributed by atoms with van der Waals surface area (Å²) in [7, 11) is 0. The van der Waals surface area contributed by atoms with Gasteiger partial charge in [0, 0.05) is 12.2 Å². The molecule has 6 heteroatoms. The van der Waals surface area contributed by atoms with Gasteiger partial charge in [0.2, 0.25) is 0 Å². The van der Waals surface area contributed by atoms with E-state index in [2.05, 4.69) is 10.4 Å². The van der Waals surface area contributed by atoms with Crippen LogP contribution in [-0.4, -0.2) is 26.8 Å². The highest BCUT2D eigenvalue weighted by Gasteiger charge is 2.19. The van der Waals surface area contributed by atoms with Gasteiger partial charge in [-0.25, -0.2) is 0 Å². The molecule has 0 spiro atoms. The zero-order valence-corrected chi connectivity index (χ0v) is 12.1. The van der Waals surface area contributed by atoms with E-state index in [1.165, 1.54) is 0 Å². The Labute approximate surface area is 127 Å². The van der Waals surface area contributed by atoms with Gasteiger partial charge >= 0.3 is 5.97 Å². The number of nitrogens with zero attached hydrogens (tertiary/aromatic N) is 2. The highest BCUT2D eigenvalue weighted by Crippen LogP contribution is 2.19. The molecule has 1 aromatic heterocycles. The monoisotopic (exact) mass is 299 g/mol. The number of nitrogens with one attached hydrogen (secondary N) is 1. The van der Waals surface area contributed by atoms with Crippen molar-refractivity contribution >= 4 is 17.6 Å². The van der Waals surface area contributed by atoms with Gasteiger partial charge in [0.15, 0.2) is 0 Å². The minimum atomic E-state index is -0.872. The maximum Gasteiger partial charge on any atom is 0.307 e. The summed E-state index contributed by atoms with van der Waals surface area (Å²) >= 11 is 0. The third-order valence-electron chi connectivity index (χ3n) is 3.79. The van der Waals surface area contributed by atoms with Gasteiger partial charge in [0.25, 0.3) is 5.91 Å². The van der Waals surface area contributed by atoms with Crippen molar-refractivity contribution in [2.24, 2.45) is 0 Å². The van der Waals surface area contributed by atoms with E-state index in [1.807, 2.05) is 4.68 Å². The fraction of sp³-hybridized carbons (Fsp3) is 0.312. The van der Waals surface area contributed by atoms with Crippen LogP contribution in [0.15, 0.2) is 30.5 Å². The van der Waals surface area contributed by atoms with Crippen molar-refractivity contribution in [3.63, 3.8) is 0 Å². The minimum absolute atomic E-state index is 0.0227. The van der Waals surface area contributed by atoms with Crippen molar-refractivity contribution in [2.75, 3.05) is 5.32 Å². The second-order valence-corrected chi connectivity index (χ2v) is 5.41. The number of aliphatic carboxylic acids is 1. The molecular weight excluding hydrogens is 282 g/mol. The predicted octanol–water partition coefficient (Wildman–Crippen LogP) is 2.10. The van der Waals surface area contributed by atoms with Crippen molar-refractivity contribution in [3.8, 4) is 0 Å². The Morgan fingerprint density at radius 2 is 2.00 bits per heavy atom. The van der Waals surface area contributed by atoms with Crippen LogP contribution in [-0.2, 0) is 24.2 Å². The van der Waals surface area contributed by atoms with E-state index in [-0.39, 0.29) is 12.3 Å². The fourth-order valence-corrected chi connectivity index (χ4v) is 2.69. The number of rotatable bonds is 4. The molecular formula is C16H17N3O3. The number of benzene rings is 1. The lowest BCUT2D eigenvalue weighted by Crippen LogP contribution is -2.17. The summed E-state index contributed by atoms with van der Waals surface area (Å²) in [5, 5.41) is 15.8. The second-order valence-electron chi connectivity index (χ2n) is 5.41. The first kappa shape index (κ1) is 14.3. The van der Waals surface area contributed by atoms with Gasteiger partial charge in [0.1, 0.15) is 0 Å². The van der Waals surface area contributed by atoms with Crippen LogP contribution in [0.2, 0.25) is 0 Å². The third kappa shape index (κ3) is 3.00. The molecule has 22 heavy (non-hydrogen) atoms. The lowest BCUT2D eigenvalue weighted by molar-refractivity contribution is -0.136. The number of aryl methyl sites for hydroxylation is 1. The number of hydrogen-bond donors (Lipinski definition) is 2. The number of carbonyl (C=O) groups is 2. The molecule has 114 valence electrons. The van der Waals surface area contributed by atoms with Gasteiger partial charge < -0.3 is 10.4 Å². The quantitative estimate of drug-likeness (QED) is 0.905. The zero-order valence-electron chi connectivity index (χ0n) is 12.1. The van der Waals surface area contributed by atoms with E-state index < -0.39 is 5.97 Å². The Morgan fingerprint density at radius 3 is 2.73 bits per heavy atom. The molecule has 2 heterocycles. The van der Waals surface area contributed by atoms with E-state index in [0.29, 0.717) is 16.8 Å². The molecule has 1 aliphatic rings. The van der Waals surface area contributed by atoms with Gasteiger partial charge in [-0.2, -0.15) is 5.10 Å². The summed E-state index contributed by atoms with van der Waals surface area (Å²) in [6, 6.07) is 6.84. The molecule has 0 radical (unpaired) electrons. The summed E-state index contributed by atoms with van der Waals surface area (Å²) in [5.41, 5.74) is 2.96. The van der Waals surface area contributed by atoms with Gasteiger partial charge in [0.05, 0.1) is 23.9 Å². The topological polar surface area (TPSA) is 84.2 Å². The van der Waals surface area contributed by atoms with E-state index in [4.69, 9.17) is 5.11 Å². The first-order chi connectivity index (χ1) is 10.6. The molecule has 0 bridgehead atoms. The molecule has 2 N–H and O–H groups in total. The lowest BCUT2D eigenvalue weighted by atomic mass is 10.1. The molecule has 0 aliphatic carbocycles. The first-order valence-electron chi connectivity index (χ1n) is 7.30. The number of amides is 1. The Balaban J connectivity index is 1.71. The predicted molar refractivity (Wildman–Crippen MR) is 80.9 cm³/mol. The summed E-state index contributed by atoms with van der Waals surface area (Å²) in [6.07, 6.45) is 4.65. The largest absolute Gasteiger partial charge is 0.481 e. The molecule has 0 unspecified atom stereocenters. The molecule has 3 rings (SSSR count). The average Bonchev–Trinajstić information content (AvgIpc) is 2.93. The van der Waals surface area contributed by atoms with Crippen molar-refractivity contribution < 1.29 is 14.7 Å². The normalized spacial score (nSPS) is 13.5. The van der Waals surface area contributed by atoms with Gasteiger partial charge in [-0.05, 0) is 37.0 Å². The number of anilines is 1. The third-order valence-corrected chi connectivity index (χ3v) is 3.79. The van der Waals surface area contributed by atoms with Crippen LogP contribution in [0.5, 0.6) is 0 Å². The second kappa shape index (κ2) is 6.01. The maximum atomic E-state index is 12.4. The first-order valence-corrected chi connectivity index (χ1v) is 7.30. The molecule has 0 saturated carbocycles. The molecule has 0 atom stereocenters. The fourth-order valence-electron chi connectivity index (χ4n) is 2.69. The standard InChI is InChI=1S/C16H17N3O3/c20-15(21)9-11-4-6-12(7-5-11)18-16(22)13-10-17-19-8-2-1-3-14(13)19/h4-7,10H,1-3,8-9H2,(H,18,22)(H,20,21). The number of aromatic nitrogens is 2. The molecule has 1 amide bonds. The SMILES string of the molecule is O=C(O)Cc1ccc(NC(=O)c2cnn3c2CCCC3)cc1. The van der Waals surface area contributed by atoms with Gasteiger partial charge in [-0.3, -0.25) is 14.3 Å². The lowest BCUT2D eigenvalue weighted by Gasteiger charge is -2.14. The maximum absolute atomic E-state index is 12.4. The van der Waals surface area contributed by atoms with Crippen LogP contribution in [0.3, 0.4) is 0 Å². The Morgan fingerprint density at radius 1 is 1.23 bits per heavy atom. The zero-order chi connectivity index (χ0) is 15.5. The molecule has 0 fully saturated rings. The van der Waals surface area contributed by atoms with Crippen LogP contribution in [0.1, 0.15) is 34.5 Å². The minimum Gasteiger partial charge on any atom is -0.481 e. The molecule has 1 aliphatic heterocycles. The smallest absolute Gasteiger partial charge is 0.307 e. The molecule has 1 aromatic carbocycles. The van der Waals surface area contributed by atoms with Gasteiger partial charge in [-0.15, -0.1) is 0 Å². The Hall–Kier alpha value is -2.63. The van der Waals surface area contributed by atoms with Crippen molar-refractivity contribution in [3.05, 3.63) is 47.3 Å². The molecule has 2 aromatic rings.